The lowest BCUT2D eigenvalue weighted by Crippen LogP contribution is -2.41. The third kappa shape index (κ3) is 6.38. The van der Waals surface area contributed by atoms with Crippen molar-refractivity contribution in [3.63, 3.8) is 0 Å². The highest BCUT2D eigenvalue weighted by Crippen LogP contribution is 2.26. The van der Waals surface area contributed by atoms with Crippen LogP contribution in [0, 0.1) is 11.8 Å². The number of aliphatic carboxylic acids is 1. The zero-order chi connectivity index (χ0) is 16.0. The van der Waals surface area contributed by atoms with Gasteiger partial charge in [-0.15, -0.1) is 0 Å². The molecule has 0 saturated heterocycles. The van der Waals surface area contributed by atoms with Gasteiger partial charge in [0.05, 0.1) is 0 Å². The van der Waals surface area contributed by atoms with E-state index in [0.29, 0.717) is 16.9 Å². The predicted octanol–water partition coefficient (Wildman–Crippen LogP) is 4.69. The minimum atomic E-state index is -0.803. The zero-order valence-electron chi connectivity index (χ0n) is 13.3. The molecule has 1 N–H and O–H groups in total. The highest BCUT2D eigenvalue weighted by molar-refractivity contribution is 6.30. The number of halogens is 1. The minimum absolute atomic E-state index is 0.0196. The second kappa shape index (κ2) is 8.28. The molecule has 21 heavy (non-hydrogen) atoms. The summed E-state index contributed by atoms with van der Waals surface area (Å²) in [5.74, 6) is 0.247. The Kier molecular flexibility index (Phi) is 7.03. The van der Waals surface area contributed by atoms with Gasteiger partial charge in [-0.1, -0.05) is 39.3 Å². The quantitative estimate of drug-likeness (QED) is 0.757. The molecule has 1 rings (SSSR count). The number of carbonyl (C=O) groups is 1. The highest BCUT2D eigenvalue weighted by atomic mass is 35.5. The Morgan fingerprint density at radius 2 is 1.57 bits per heavy atom. The lowest BCUT2D eigenvalue weighted by Gasteiger charge is -2.35. The molecule has 0 aliphatic rings. The summed E-state index contributed by atoms with van der Waals surface area (Å²) in [6, 6.07) is 7.65. The van der Waals surface area contributed by atoms with Crippen LogP contribution in [0.4, 0.5) is 5.69 Å². The van der Waals surface area contributed by atoms with Crippen LogP contribution in [-0.4, -0.2) is 23.7 Å². The van der Waals surface area contributed by atoms with Gasteiger partial charge in [0.1, 0.15) is 6.54 Å². The molecular weight excluding hydrogens is 286 g/mol. The van der Waals surface area contributed by atoms with Crippen molar-refractivity contribution in [1.29, 1.82) is 0 Å². The fourth-order valence-corrected chi connectivity index (χ4v) is 2.77. The van der Waals surface area contributed by atoms with E-state index in [4.69, 9.17) is 11.6 Å². The average molecular weight is 312 g/mol. The maximum absolute atomic E-state index is 11.3. The van der Waals surface area contributed by atoms with E-state index >= 15 is 0 Å². The van der Waals surface area contributed by atoms with Gasteiger partial charge in [-0.25, -0.2) is 0 Å². The van der Waals surface area contributed by atoms with Crippen molar-refractivity contribution in [2.24, 2.45) is 11.8 Å². The van der Waals surface area contributed by atoms with Gasteiger partial charge >= 0.3 is 5.97 Å². The van der Waals surface area contributed by atoms with Crippen molar-refractivity contribution in [3.05, 3.63) is 29.3 Å². The molecule has 0 aliphatic heterocycles. The summed E-state index contributed by atoms with van der Waals surface area (Å²) >= 11 is 5.94. The molecule has 1 aromatic carbocycles. The second-order valence-corrected chi connectivity index (χ2v) is 6.85. The first-order chi connectivity index (χ1) is 9.79. The number of hydrogen-bond donors (Lipinski definition) is 1. The van der Waals surface area contributed by atoms with Gasteiger partial charge < -0.3 is 10.0 Å². The van der Waals surface area contributed by atoms with Crippen LogP contribution < -0.4 is 4.90 Å². The molecule has 0 atom stereocenters. The number of carboxylic acid groups (broad SMARTS) is 1. The molecule has 0 heterocycles. The van der Waals surface area contributed by atoms with E-state index in [1.54, 1.807) is 0 Å². The molecule has 1 aromatic rings. The van der Waals surface area contributed by atoms with E-state index in [0.717, 1.165) is 18.5 Å². The number of rotatable bonds is 8. The fourth-order valence-electron chi connectivity index (χ4n) is 2.65. The van der Waals surface area contributed by atoms with Gasteiger partial charge in [-0.2, -0.15) is 0 Å². The van der Waals surface area contributed by atoms with Crippen molar-refractivity contribution < 1.29 is 9.90 Å². The van der Waals surface area contributed by atoms with E-state index < -0.39 is 5.97 Å². The van der Waals surface area contributed by atoms with Crippen LogP contribution >= 0.6 is 11.6 Å². The van der Waals surface area contributed by atoms with E-state index in [1.165, 1.54) is 0 Å². The van der Waals surface area contributed by atoms with Crippen molar-refractivity contribution in [2.45, 2.75) is 46.6 Å². The Morgan fingerprint density at radius 1 is 1.10 bits per heavy atom. The molecule has 0 bridgehead atoms. The Balaban J connectivity index is 3.05. The molecule has 118 valence electrons. The molecule has 0 aliphatic carbocycles. The molecule has 0 radical (unpaired) electrons. The molecule has 3 nitrogen and oxygen atoms in total. The summed E-state index contributed by atoms with van der Waals surface area (Å²) < 4.78 is 0. The van der Waals surface area contributed by atoms with Crippen LogP contribution in [0.3, 0.4) is 0 Å². The first-order valence-corrected chi connectivity index (χ1v) is 7.91. The molecular formula is C17H26ClNO2. The van der Waals surface area contributed by atoms with Gasteiger partial charge in [0.15, 0.2) is 0 Å². The normalized spacial score (nSPS) is 11.4. The largest absolute Gasteiger partial charge is 0.480 e. The van der Waals surface area contributed by atoms with Gasteiger partial charge in [0, 0.05) is 16.8 Å². The topological polar surface area (TPSA) is 40.5 Å². The van der Waals surface area contributed by atoms with Crippen molar-refractivity contribution >= 4 is 23.3 Å². The maximum atomic E-state index is 11.3. The summed E-state index contributed by atoms with van der Waals surface area (Å²) in [6.07, 6.45) is 1.96. The Morgan fingerprint density at radius 3 is 1.95 bits per heavy atom. The molecule has 0 spiro atoms. The van der Waals surface area contributed by atoms with Gasteiger partial charge in [-0.05, 0) is 48.9 Å². The summed E-state index contributed by atoms with van der Waals surface area (Å²) in [5.41, 5.74) is 0.924. The lowest BCUT2D eigenvalue weighted by molar-refractivity contribution is -0.135. The van der Waals surface area contributed by atoms with Crippen LogP contribution in [-0.2, 0) is 4.79 Å². The molecule has 0 saturated carbocycles. The first kappa shape index (κ1) is 17.8. The smallest absolute Gasteiger partial charge is 0.323 e. The van der Waals surface area contributed by atoms with Crippen LogP contribution in [0.5, 0.6) is 0 Å². The van der Waals surface area contributed by atoms with E-state index in [9.17, 15) is 9.90 Å². The second-order valence-electron chi connectivity index (χ2n) is 6.41. The predicted molar refractivity (Wildman–Crippen MR) is 89.1 cm³/mol. The third-order valence-corrected chi connectivity index (χ3v) is 3.64. The van der Waals surface area contributed by atoms with Crippen LogP contribution in [0.25, 0.3) is 0 Å². The van der Waals surface area contributed by atoms with E-state index in [2.05, 4.69) is 27.7 Å². The Hall–Kier alpha value is -1.22. The first-order valence-electron chi connectivity index (χ1n) is 7.53. The van der Waals surface area contributed by atoms with Crippen molar-refractivity contribution in [1.82, 2.24) is 0 Å². The number of benzene rings is 1. The molecule has 0 aromatic heterocycles. The van der Waals surface area contributed by atoms with E-state index in [1.807, 2.05) is 29.2 Å². The van der Waals surface area contributed by atoms with Crippen LogP contribution in [0.2, 0.25) is 5.02 Å². The summed E-state index contributed by atoms with van der Waals surface area (Å²) in [6.45, 7) is 8.72. The molecule has 4 heteroatoms. The molecule has 0 fully saturated rings. The highest BCUT2D eigenvalue weighted by Gasteiger charge is 2.23. The van der Waals surface area contributed by atoms with Crippen LogP contribution in [0.1, 0.15) is 40.5 Å². The Bertz CT molecular complexity index is 433. The standard InChI is InChI=1S/C17H26ClNO2/c1-12(2)9-16(10-13(3)4)19(11-17(20)21)15-7-5-14(18)6-8-15/h5-8,12-13,16H,9-11H2,1-4H3,(H,20,21). The average Bonchev–Trinajstić information content (AvgIpc) is 2.35. The lowest BCUT2D eigenvalue weighted by atomic mass is 9.94. The number of carboxylic acids is 1. The number of anilines is 1. The summed E-state index contributed by atoms with van der Waals surface area (Å²) in [7, 11) is 0. The molecule has 0 amide bonds. The minimum Gasteiger partial charge on any atom is -0.480 e. The number of nitrogens with zero attached hydrogens (tertiary/aromatic N) is 1. The monoisotopic (exact) mass is 311 g/mol. The fraction of sp³-hybridized carbons (Fsp3) is 0.588. The van der Waals surface area contributed by atoms with Crippen molar-refractivity contribution in [2.75, 3.05) is 11.4 Å². The van der Waals surface area contributed by atoms with Crippen molar-refractivity contribution in [3.8, 4) is 0 Å². The van der Waals surface area contributed by atoms with Gasteiger partial charge in [-0.3, -0.25) is 4.79 Å². The van der Waals surface area contributed by atoms with Crippen LogP contribution in [0.15, 0.2) is 24.3 Å². The Labute approximate surface area is 132 Å². The summed E-state index contributed by atoms with van der Waals surface area (Å²) in [4.78, 5) is 13.3. The van der Waals surface area contributed by atoms with Gasteiger partial charge in [0.25, 0.3) is 0 Å². The van der Waals surface area contributed by atoms with Gasteiger partial charge in [0.2, 0.25) is 0 Å². The zero-order valence-corrected chi connectivity index (χ0v) is 14.1. The SMILES string of the molecule is CC(C)CC(CC(C)C)N(CC(=O)O)c1ccc(Cl)cc1. The molecule has 0 unspecified atom stereocenters. The third-order valence-electron chi connectivity index (χ3n) is 3.39. The number of hydrogen-bond acceptors (Lipinski definition) is 2. The summed E-state index contributed by atoms with van der Waals surface area (Å²) in [5, 5.41) is 9.91. The maximum Gasteiger partial charge on any atom is 0.323 e. The van der Waals surface area contributed by atoms with E-state index in [-0.39, 0.29) is 12.6 Å².